The van der Waals surface area contributed by atoms with Gasteiger partial charge in [0.25, 0.3) is 5.56 Å². The number of nitrogens with zero attached hydrogens (tertiary/aromatic N) is 2. The Bertz CT molecular complexity index is 1000. The number of hydrogen-bond acceptors (Lipinski definition) is 5. The maximum absolute atomic E-state index is 12.6. The van der Waals surface area contributed by atoms with Gasteiger partial charge < -0.3 is 14.8 Å². The van der Waals surface area contributed by atoms with Crippen molar-refractivity contribution < 1.29 is 9.47 Å². The van der Waals surface area contributed by atoms with E-state index in [1.54, 1.807) is 13.2 Å². The lowest BCUT2D eigenvalue weighted by Crippen LogP contribution is -2.23. The summed E-state index contributed by atoms with van der Waals surface area (Å²) >= 11 is 0. The molecule has 0 aliphatic carbocycles. The Kier molecular flexibility index (Phi) is 5.45. The smallest absolute Gasteiger partial charge is 0.272 e. The van der Waals surface area contributed by atoms with Gasteiger partial charge in [0, 0.05) is 49.5 Å². The molecule has 0 bridgehead atoms. The van der Waals surface area contributed by atoms with Gasteiger partial charge in [0.1, 0.15) is 5.75 Å². The van der Waals surface area contributed by atoms with E-state index in [1.807, 2.05) is 37.3 Å². The van der Waals surface area contributed by atoms with Crippen LogP contribution in [0.1, 0.15) is 48.7 Å². The molecular formula is C21H26N4O3. The van der Waals surface area contributed by atoms with Crippen molar-refractivity contribution in [2.45, 2.75) is 38.3 Å². The molecule has 4 rings (SSSR count). The minimum absolute atomic E-state index is 0.0506. The third-order valence-electron chi connectivity index (χ3n) is 5.34. The third kappa shape index (κ3) is 3.95. The molecule has 7 nitrogen and oxygen atoms in total. The van der Waals surface area contributed by atoms with Crippen LogP contribution in [0, 0.1) is 0 Å². The van der Waals surface area contributed by atoms with Crippen molar-refractivity contribution in [1.29, 1.82) is 0 Å². The first-order valence-electron chi connectivity index (χ1n) is 9.70. The lowest BCUT2D eigenvalue weighted by molar-refractivity contribution is 0.0844. The van der Waals surface area contributed by atoms with Crippen molar-refractivity contribution >= 4 is 5.65 Å². The second-order valence-electron chi connectivity index (χ2n) is 7.27. The summed E-state index contributed by atoms with van der Waals surface area (Å²) in [6.07, 6.45) is 1.93. The molecule has 1 aromatic carbocycles. The van der Waals surface area contributed by atoms with Crippen LogP contribution in [-0.4, -0.2) is 34.9 Å². The second kappa shape index (κ2) is 8.16. The summed E-state index contributed by atoms with van der Waals surface area (Å²) in [7, 11) is 1.66. The number of benzene rings is 1. The number of ether oxygens (including phenoxy) is 2. The molecule has 7 heteroatoms. The molecule has 1 fully saturated rings. The van der Waals surface area contributed by atoms with Gasteiger partial charge in [-0.25, -0.2) is 9.50 Å². The average Bonchev–Trinajstić information content (AvgIpc) is 3.18. The predicted molar refractivity (Wildman–Crippen MR) is 107 cm³/mol. The van der Waals surface area contributed by atoms with Crippen LogP contribution in [0.2, 0.25) is 0 Å². The summed E-state index contributed by atoms with van der Waals surface area (Å²) in [6.45, 7) is 4.21. The number of aromatic amines is 1. The Morgan fingerprint density at radius 1 is 1.32 bits per heavy atom. The van der Waals surface area contributed by atoms with Crippen LogP contribution in [0.15, 0.2) is 41.2 Å². The normalized spacial score (nSPS) is 16.4. The fraction of sp³-hybridized carbons (Fsp3) is 0.429. The molecule has 28 heavy (non-hydrogen) atoms. The Morgan fingerprint density at radius 2 is 2.14 bits per heavy atom. The van der Waals surface area contributed by atoms with Gasteiger partial charge in [0.15, 0.2) is 5.65 Å². The number of nitrogens with one attached hydrogen (secondary N) is 2. The number of hydrogen-bond donors (Lipinski definition) is 2. The molecular weight excluding hydrogens is 356 g/mol. The zero-order chi connectivity index (χ0) is 19.5. The summed E-state index contributed by atoms with van der Waals surface area (Å²) in [6, 6.07) is 11.5. The largest absolute Gasteiger partial charge is 0.497 e. The zero-order valence-electron chi connectivity index (χ0n) is 16.3. The van der Waals surface area contributed by atoms with Gasteiger partial charge in [0.05, 0.1) is 12.8 Å². The van der Waals surface area contributed by atoms with E-state index < -0.39 is 0 Å². The van der Waals surface area contributed by atoms with Crippen LogP contribution in [-0.2, 0) is 11.3 Å². The van der Waals surface area contributed by atoms with Gasteiger partial charge in [-0.05, 0) is 37.5 Å². The molecule has 0 amide bonds. The lowest BCUT2D eigenvalue weighted by atomic mass is 9.97. The van der Waals surface area contributed by atoms with Crippen LogP contribution >= 0.6 is 0 Å². The minimum atomic E-state index is -0.0895. The van der Waals surface area contributed by atoms with Gasteiger partial charge in [0.2, 0.25) is 0 Å². The summed E-state index contributed by atoms with van der Waals surface area (Å²) in [4.78, 5) is 17.3. The Balaban J connectivity index is 1.51. The van der Waals surface area contributed by atoms with Gasteiger partial charge in [-0.3, -0.25) is 9.89 Å². The topological polar surface area (TPSA) is 80.6 Å². The first-order chi connectivity index (χ1) is 13.6. The fourth-order valence-electron chi connectivity index (χ4n) is 3.63. The molecule has 0 unspecified atom stereocenters. The number of rotatable bonds is 6. The molecule has 0 radical (unpaired) electrons. The standard InChI is InChI=1S/C21H26N4O3/c1-14(22-13-15-4-3-5-17(10-15)27-2)18-12-21(26)25-20(23-18)11-19(24-25)16-6-8-28-9-7-16/h3-5,10-12,14,16,22,24H,6-9,13H2,1-2H3/t14-/m1/s1. The van der Waals surface area contributed by atoms with Crippen molar-refractivity contribution in [3.63, 3.8) is 0 Å². The fourth-order valence-corrected chi connectivity index (χ4v) is 3.63. The summed E-state index contributed by atoms with van der Waals surface area (Å²) in [5.74, 6) is 1.22. The highest BCUT2D eigenvalue weighted by Crippen LogP contribution is 2.26. The zero-order valence-corrected chi connectivity index (χ0v) is 16.3. The van der Waals surface area contributed by atoms with Crippen LogP contribution in [0.4, 0.5) is 0 Å². The predicted octanol–water partition coefficient (Wildman–Crippen LogP) is 2.78. The van der Waals surface area contributed by atoms with Crippen LogP contribution in [0.5, 0.6) is 5.75 Å². The molecule has 3 aromatic rings. The first-order valence-corrected chi connectivity index (χ1v) is 9.70. The van der Waals surface area contributed by atoms with Gasteiger partial charge >= 0.3 is 0 Å². The van der Waals surface area contributed by atoms with Crippen LogP contribution in [0.25, 0.3) is 5.65 Å². The van der Waals surface area contributed by atoms with Crippen molar-refractivity contribution in [2.24, 2.45) is 0 Å². The number of aromatic nitrogens is 3. The number of fused-ring (bicyclic) bond motifs is 1. The number of H-pyrrole nitrogens is 1. The molecule has 1 aliphatic heterocycles. The van der Waals surface area contributed by atoms with E-state index in [4.69, 9.17) is 14.5 Å². The van der Waals surface area contributed by atoms with Crippen molar-refractivity contribution in [2.75, 3.05) is 20.3 Å². The van der Waals surface area contributed by atoms with E-state index in [1.165, 1.54) is 4.52 Å². The molecule has 0 saturated carbocycles. The van der Waals surface area contributed by atoms with Crippen molar-refractivity contribution in [1.82, 2.24) is 19.9 Å². The van der Waals surface area contributed by atoms with Gasteiger partial charge in [-0.15, -0.1) is 0 Å². The Labute approximate surface area is 163 Å². The van der Waals surface area contributed by atoms with Gasteiger partial charge in [-0.1, -0.05) is 12.1 Å². The molecule has 2 aromatic heterocycles. The van der Waals surface area contributed by atoms with Crippen molar-refractivity contribution in [3.8, 4) is 5.75 Å². The highest BCUT2D eigenvalue weighted by molar-refractivity contribution is 5.41. The quantitative estimate of drug-likeness (QED) is 0.685. The van der Waals surface area contributed by atoms with E-state index in [-0.39, 0.29) is 11.6 Å². The lowest BCUT2D eigenvalue weighted by Gasteiger charge is -2.20. The molecule has 1 aliphatic rings. The second-order valence-corrected chi connectivity index (χ2v) is 7.27. The highest BCUT2D eigenvalue weighted by atomic mass is 16.5. The Morgan fingerprint density at radius 3 is 2.93 bits per heavy atom. The molecule has 1 atom stereocenters. The van der Waals surface area contributed by atoms with Crippen LogP contribution in [0.3, 0.4) is 0 Å². The van der Waals surface area contributed by atoms with E-state index >= 15 is 0 Å². The SMILES string of the molecule is COc1cccc(CN[C@H](C)c2cc(=O)n3[nH]c(C4CCOCC4)cc3n2)c1. The summed E-state index contributed by atoms with van der Waals surface area (Å²) in [5.41, 5.74) is 3.49. The maximum Gasteiger partial charge on any atom is 0.272 e. The third-order valence-corrected chi connectivity index (χ3v) is 5.34. The first kappa shape index (κ1) is 18.7. The molecule has 3 heterocycles. The summed E-state index contributed by atoms with van der Waals surface area (Å²) in [5, 5.41) is 6.66. The summed E-state index contributed by atoms with van der Waals surface area (Å²) < 4.78 is 12.2. The molecule has 2 N–H and O–H groups in total. The molecule has 0 spiro atoms. The van der Waals surface area contributed by atoms with E-state index in [0.717, 1.165) is 48.8 Å². The van der Waals surface area contributed by atoms with E-state index in [2.05, 4.69) is 10.4 Å². The minimum Gasteiger partial charge on any atom is -0.497 e. The molecule has 148 valence electrons. The van der Waals surface area contributed by atoms with Gasteiger partial charge in [-0.2, -0.15) is 0 Å². The average molecular weight is 382 g/mol. The Hall–Kier alpha value is -2.64. The maximum atomic E-state index is 12.6. The van der Waals surface area contributed by atoms with E-state index in [0.29, 0.717) is 18.1 Å². The van der Waals surface area contributed by atoms with E-state index in [9.17, 15) is 4.79 Å². The van der Waals surface area contributed by atoms with Crippen LogP contribution < -0.4 is 15.6 Å². The monoisotopic (exact) mass is 382 g/mol. The molecule has 1 saturated heterocycles. The highest BCUT2D eigenvalue weighted by Gasteiger charge is 2.19. The van der Waals surface area contributed by atoms with Crippen molar-refractivity contribution in [3.05, 3.63) is 63.7 Å². The number of methoxy groups -OCH3 is 1.